The minimum absolute atomic E-state index is 0.0911. The fourth-order valence-electron chi connectivity index (χ4n) is 2.08. The standard InChI is InChI=1S/C12H18N2O2/c15-7-9-16-8-6-13-11-4-3-10-2-1-5-14-12(10)11/h1-2,5,11,13,15H,3-4,6-9H2. The maximum Gasteiger partial charge on any atom is 0.0698 e. The van der Waals surface area contributed by atoms with Gasteiger partial charge in [-0.15, -0.1) is 0 Å². The van der Waals surface area contributed by atoms with E-state index >= 15 is 0 Å². The number of aliphatic hydroxyl groups is 1. The van der Waals surface area contributed by atoms with Crippen LogP contribution >= 0.6 is 0 Å². The first-order valence-electron chi connectivity index (χ1n) is 5.77. The quantitative estimate of drug-likeness (QED) is 0.695. The SMILES string of the molecule is OCCOCCNC1CCc2cccnc21. The summed E-state index contributed by atoms with van der Waals surface area (Å²) in [6.45, 7) is 1.95. The van der Waals surface area contributed by atoms with Crippen molar-refractivity contribution in [2.24, 2.45) is 0 Å². The molecule has 0 aromatic carbocycles. The molecule has 0 radical (unpaired) electrons. The highest BCUT2D eigenvalue weighted by Gasteiger charge is 2.22. The molecule has 2 rings (SSSR count). The zero-order valence-electron chi connectivity index (χ0n) is 9.35. The second-order valence-corrected chi connectivity index (χ2v) is 3.93. The molecule has 1 aliphatic carbocycles. The lowest BCUT2D eigenvalue weighted by Crippen LogP contribution is -2.24. The number of hydrogen-bond acceptors (Lipinski definition) is 4. The molecular weight excluding hydrogens is 204 g/mol. The van der Waals surface area contributed by atoms with Crippen molar-refractivity contribution in [2.75, 3.05) is 26.4 Å². The molecule has 1 aromatic heterocycles. The summed E-state index contributed by atoms with van der Waals surface area (Å²) >= 11 is 0. The fourth-order valence-corrected chi connectivity index (χ4v) is 2.08. The molecule has 4 nitrogen and oxygen atoms in total. The monoisotopic (exact) mass is 222 g/mol. The predicted molar refractivity (Wildman–Crippen MR) is 61.2 cm³/mol. The van der Waals surface area contributed by atoms with Gasteiger partial charge in [0.15, 0.2) is 0 Å². The summed E-state index contributed by atoms with van der Waals surface area (Å²) in [4.78, 5) is 4.41. The van der Waals surface area contributed by atoms with Crippen molar-refractivity contribution in [3.8, 4) is 0 Å². The molecule has 4 heteroatoms. The van der Waals surface area contributed by atoms with Crippen LogP contribution in [0.4, 0.5) is 0 Å². The number of rotatable bonds is 6. The lowest BCUT2D eigenvalue weighted by molar-refractivity contribution is 0.0925. The van der Waals surface area contributed by atoms with E-state index in [1.807, 2.05) is 12.3 Å². The zero-order chi connectivity index (χ0) is 11.2. The van der Waals surface area contributed by atoms with E-state index < -0.39 is 0 Å². The summed E-state index contributed by atoms with van der Waals surface area (Å²) < 4.78 is 5.20. The van der Waals surface area contributed by atoms with Crippen LogP contribution in [0.2, 0.25) is 0 Å². The summed E-state index contributed by atoms with van der Waals surface area (Å²) in [5.41, 5.74) is 2.54. The Hall–Kier alpha value is -0.970. The first-order chi connectivity index (χ1) is 7.92. The highest BCUT2D eigenvalue weighted by atomic mass is 16.5. The van der Waals surface area contributed by atoms with Gasteiger partial charge in [-0.25, -0.2) is 0 Å². The Bertz CT molecular complexity index is 331. The van der Waals surface area contributed by atoms with E-state index in [1.54, 1.807) is 0 Å². The number of ether oxygens (including phenoxy) is 1. The third-order valence-electron chi connectivity index (χ3n) is 2.83. The number of aryl methyl sites for hydroxylation is 1. The lowest BCUT2D eigenvalue weighted by Gasteiger charge is -2.12. The average molecular weight is 222 g/mol. The summed E-state index contributed by atoms with van der Waals surface area (Å²) in [5.74, 6) is 0. The van der Waals surface area contributed by atoms with Gasteiger partial charge in [0.1, 0.15) is 0 Å². The molecule has 0 fully saturated rings. The van der Waals surface area contributed by atoms with Crippen molar-refractivity contribution in [1.82, 2.24) is 10.3 Å². The highest BCUT2D eigenvalue weighted by molar-refractivity contribution is 5.27. The molecule has 0 aliphatic heterocycles. The number of nitrogens with zero attached hydrogens (tertiary/aromatic N) is 1. The molecule has 88 valence electrons. The number of aromatic nitrogens is 1. The Morgan fingerprint density at radius 1 is 1.50 bits per heavy atom. The van der Waals surface area contributed by atoms with Gasteiger partial charge >= 0.3 is 0 Å². The van der Waals surface area contributed by atoms with Gasteiger partial charge in [-0.3, -0.25) is 4.98 Å². The largest absolute Gasteiger partial charge is 0.394 e. The Kier molecular flexibility index (Phi) is 4.27. The molecule has 1 unspecified atom stereocenters. The Balaban J connectivity index is 1.76. The minimum atomic E-state index is 0.0911. The second kappa shape index (κ2) is 5.94. The van der Waals surface area contributed by atoms with E-state index in [-0.39, 0.29) is 6.61 Å². The van der Waals surface area contributed by atoms with Gasteiger partial charge in [0.05, 0.1) is 31.6 Å². The van der Waals surface area contributed by atoms with Gasteiger partial charge in [-0.2, -0.15) is 0 Å². The molecular formula is C12H18N2O2. The van der Waals surface area contributed by atoms with Gasteiger partial charge in [-0.1, -0.05) is 6.07 Å². The van der Waals surface area contributed by atoms with Crippen molar-refractivity contribution >= 4 is 0 Å². The van der Waals surface area contributed by atoms with Crippen molar-refractivity contribution in [1.29, 1.82) is 0 Å². The molecule has 1 atom stereocenters. The summed E-state index contributed by atoms with van der Waals surface area (Å²) in [5, 5.41) is 12.0. The van der Waals surface area contributed by atoms with E-state index in [0.717, 1.165) is 19.4 Å². The van der Waals surface area contributed by atoms with Crippen molar-refractivity contribution in [3.05, 3.63) is 29.6 Å². The van der Waals surface area contributed by atoms with Gasteiger partial charge < -0.3 is 15.2 Å². The van der Waals surface area contributed by atoms with E-state index in [1.165, 1.54) is 11.3 Å². The highest BCUT2D eigenvalue weighted by Crippen LogP contribution is 2.28. The van der Waals surface area contributed by atoms with Crippen molar-refractivity contribution < 1.29 is 9.84 Å². The topological polar surface area (TPSA) is 54.4 Å². The minimum Gasteiger partial charge on any atom is -0.394 e. The van der Waals surface area contributed by atoms with Crippen molar-refractivity contribution in [3.63, 3.8) is 0 Å². The van der Waals surface area contributed by atoms with Crippen LogP contribution in [0, 0.1) is 0 Å². The Labute approximate surface area is 95.7 Å². The Morgan fingerprint density at radius 2 is 2.44 bits per heavy atom. The molecule has 0 saturated heterocycles. The normalized spacial score (nSPS) is 18.7. The van der Waals surface area contributed by atoms with E-state index in [4.69, 9.17) is 9.84 Å². The molecule has 0 amide bonds. The van der Waals surface area contributed by atoms with Crippen LogP contribution in [0.5, 0.6) is 0 Å². The number of aliphatic hydroxyl groups excluding tert-OH is 1. The number of nitrogens with one attached hydrogen (secondary N) is 1. The maximum absolute atomic E-state index is 8.55. The first-order valence-corrected chi connectivity index (χ1v) is 5.77. The molecule has 0 saturated carbocycles. The number of hydrogen-bond donors (Lipinski definition) is 2. The molecule has 0 spiro atoms. The van der Waals surface area contributed by atoms with Crippen LogP contribution in [0.25, 0.3) is 0 Å². The molecule has 1 aromatic rings. The maximum atomic E-state index is 8.55. The third-order valence-corrected chi connectivity index (χ3v) is 2.83. The van der Waals surface area contributed by atoms with Gasteiger partial charge in [0.2, 0.25) is 0 Å². The molecule has 16 heavy (non-hydrogen) atoms. The molecule has 1 aliphatic rings. The predicted octanol–water partition coefficient (Wildman–Crippen LogP) is 0.667. The summed E-state index contributed by atoms with van der Waals surface area (Å²) in [6, 6.07) is 4.51. The van der Waals surface area contributed by atoms with Crippen LogP contribution in [0.3, 0.4) is 0 Å². The summed E-state index contributed by atoms with van der Waals surface area (Å²) in [7, 11) is 0. The van der Waals surface area contributed by atoms with Gasteiger partial charge in [-0.05, 0) is 24.5 Å². The molecule has 2 N–H and O–H groups in total. The van der Waals surface area contributed by atoms with Crippen LogP contribution in [-0.4, -0.2) is 36.5 Å². The smallest absolute Gasteiger partial charge is 0.0698 e. The van der Waals surface area contributed by atoms with Gasteiger partial charge in [0, 0.05) is 12.7 Å². The van der Waals surface area contributed by atoms with E-state index in [0.29, 0.717) is 19.3 Å². The van der Waals surface area contributed by atoms with E-state index in [9.17, 15) is 0 Å². The summed E-state index contributed by atoms with van der Waals surface area (Å²) in [6.07, 6.45) is 4.08. The van der Waals surface area contributed by atoms with Crippen LogP contribution in [0.1, 0.15) is 23.7 Å². The fraction of sp³-hybridized carbons (Fsp3) is 0.583. The second-order valence-electron chi connectivity index (χ2n) is 3.93. The number of fused-ring (bicyclic) bond motifs is 1. The van der Waals surface area contributed by atoms with Gasteiger partial charge in [0.25, 0.3) is 0 Å². The zero-order valence-corrected chi connectivity index (χ0v) is 9.35. The average Bonchev–Trinajstić information content (AvgIpc) is 2.73. The Morgan fingerprint density at radius 3 is 3.31 bits per heavy atom. The van der Waals surface area contributed by atoms with E-state index in [2.05, 4.69) is 16.4 Å². The molecule has 1 heterocycles. The van der Waals surface area contributed by atoms with Crippen LogP contribution < -0.4 is 5.32 Å². The number of pyridine rings is 1. The molecule has 0 bridgehead atoms. The van der Waals surface area contributed by atoms with Crippen molar-refractivity contribution in [2.45, 2.75) is 18.9 Å². The van der Waals surface area contributed by atoms with Crippen LogP contribution in [0.15, 0.2) is 18.3 Å². The first kappa shape index (κ1) is 11.5. The third kappa shape index (κ3) is 2.78. The van der Waals surface area contributed by atoms with Crippen LogP contribution in [-0.2, 0) is 11.2 Å². The lowest BCUT2D eigenvalue weighted by atomic mass is 10.2.